The fourth-order valence-corrected chi connectivity index (χ4v) is 2.27. The van der Waals surface area contributed by atoms with Crippen LogP contribution in [0.4, 0.5) is 0 Å². The number of aliphatic hydroxyl groups excluding tert-OH is 1. The van der Waals surface area contributed by atoms with Gasteiger partial charge in [0.1, 0.15) is 5.54 Å². The Labute approximate surface area is 100 Å². The summed E-state index contributed by atoms with van der Waals surface area (Å²) in [4.78, 5) is 11.6. The number of aliphatic hydroxyl groups is 1. The van der Waals surface area contributed by atoms with Crippen molar-refractivity contribution in [2.24, 2.45) is 5.92 Å². The van der Waals surface area contributed by atoms with Crippen LogP contribution in [0.2, 0.25) is 0 Å². The van der Waals surface area contributed by atoms with Crippen molar-refractivity contribution in [2.45, 2.75) is 31.7 Å². The molecule has 0 saturated heterocycles. The predicted molar refractivity (Wildman–Crippen MR) is 63.9 cm³/mol. The molecule has 0 aromatic rings. The Morgan fingerprint density at radius 3 is 2.88 bits per heavy atom. The quantitative estimate of drug-likeness (QED) is 0.651. The maximum Gasteiger partial charge on any atom is 0.231 e. The standard InChI is InChI=1S/C11H18N2O2S/c1-11(8-12,9-3-4-9)13-10(15)7-16-6-2-5-14/h9,14H,2-7H2,1H3,(H,13,15). The summed E-state index contributed by atoms with van der Waals surface area (Å²) in [6, 6.07) is 2.19. The van der Waals surface area contributed by atoms with Gasteiger partial charge in [-0.05, 0) is 37.9 Å². The van der Waals surface area contributed by atoms with Crippen molar-refractivity contribution in [3.05, 3.63) is 0 Å². The molecule has 0 radical (unpaired) electrons. The third-order valence-electron chi connectivity index (χ3n) is 2.71. The number of amides is 1. The van der Waals surface area contributed by atoms with E-state index in [1.165, 1.54) is 11.8 Å². The molecule has 1 fully saturated rings. The van der Waals surface area contributed by atoms with Crippen LogP contribution in [0.1, 0.15) is 26.2 Å². The van der Waals surface area contributed by atoms with Crippen LogP contribution >= 0.6 is 11.8 Å². The summed E-state index contributed by atoms with van der Waals surface area (Å²) >= 11 is 1.49. The molecule has 1 saturated carbocycles. The minimum absolute atomic E-state index is 0.0844. The largest absolute Gasteiger partial charge is 0.396 e. The van der Waals surface area contributed by atoms with E-state index in [1.54, 1.807) is 6.92 Å². The molecule has 1 aliphatic rings. The highest BCUT2D eigenvalue weighted by atomic mass is 32.2. The van der Waals surface area contributed by atoms with E-state index in [-0.39, 0.29) is 12.5 Å². The molecule has 1 rings (SSSR count). The number of thioether (sulfide) groups is 1. The van der Waals surface area contributed by atoms with Crippen molar-refractivity contribution < 1.29 is 9.90 Å². The molecule has 2 N–H and O–H groups in total. The zero-order valence-electron chi connectivity index (χ0n) is 9.53. The van der Waals surface area contributed by atoms with E-state index < -0.39 is 5.54 Å². The molecule has 0 heterocycles. The number of hydrogen-bond acceptors (Lipinski definition) is 4. The zero-order valence-corrected chi connectivity index (χ0v) is 10.3. The number of rotatable bonds is 7. The lowest BCUT2D eigenvalue weighted by Gasteiger charge is -2.22. The fraction of sp³-hybridized carbons (Fsp3) is 0.818. The first kappa shape index (κ1) is 13.3. The molecule has 0 aromatic heterocycles. The molecule has 90 valence electrons. The summed E-state index contributed by atoms with van der Waals surface area (Å²) in [5.41, 5.74) is -0.686. The van der Waals surface area contributed by atoms with Crippen LogP contribution < -0.4 is 5.32 Å². The number of carbonyl (C=O) groups is 1. The Morgan fingerprint density at radius 1 is 1.69 bits per heavy atom. The van der Waals surface area contributed by atoms with Gasteiger partial charge in [0.05, 0.1) is 11.8 Å². The summed E-state index contributed by atoms with van der Waals surface area (Å²) in [7, 11) is 0. The van der Waals surface area contributed by atoms with Crippen LogP contribution in [0.15, 0.2) is 0 Å². The Kier molecular flexibility index (Phi) is 5.10. The fourth-order valence-electron chi connectivity index (χ4n) is 1.54. The van der Waals surface area contributed by atoms with Crippen molar-refractivity contribution in [1.82, 2.24) is 5.32 Å². The van der Waals surface area contributed by atoms with Gasteiger partial charge in [-0.2, -0.15) is 17.0 Å². The molecule has 1 aliphatic carbocycles. The van der Waals surface area contributed by atoms with Crippen LogP contribution in [0, 0.1) is 17.2 Å². The molecule has 5 heteroatoms. The molecule has 0 aromatic carbocycles. The van der Waals surface area contributed by atoms with Crippen LogP contribution in [0.5, 0.6) is 0 Å². The summed E-state index contributed by atoms with van der Waals surface area (Å²) in [5.74, 6) is 1.38. The Hall–Kier alpha value is -0.730. The Bertz CT molecular complexity index is 286. The molecule has 16 heavy (non-hydrogen) atoms. The van der Waals surface area contributed by atoms with Gasteiger partial charge in [0.25, 0.3) is 0 Å². The molecular weight excluding hydrogens is 224 g/mol. The van der Waals surface area contributed by atoms with E-state index in [0.29, 0.717) is 18.1 Å². The van der Waals surface area contributed by atoms with E-state index in [2.05, 4.69) is 11.4 Å². The van der Waals surface area contributed by atoms with Gasteiger partial charge in [-0.1, -0.05) is 0 Å². The second-order valence-electron chi connectivity index (χ2n) is 4.27. The maximum absolute atomic E-state index is 11.6. The van der Waals surface area contributed by atoms with Crippen LogP contribution in [0.25, 0.3) is 0 Å². The lowest BCUT2D eigenvalue weighted by Crippen LogP contribution is -2.47. The molecule has 0 aliphatic heterocycles. The van der Waals surface area contributed by atoms with Crippen molar-refractivity contribution >= 4 is 17.7 Å². The number of nitriles is 1. The van der Waals surface area contributed by atoms with Gasteiger partial charge < -0.3 is 10.4 Å². The minimum atomic E-state index is -0.686. The maximum atomic E-state index is 11.6. The predicted octanol–water partition coefficient (Wildman–Crippen LogP) is 0.910. The first-order valence-electron chi connectivity index (χ1n) is 5.53. The van der Waals surface area contributed by atoms with Crippen molar-refractivity contribution in [3.63, 3.8) is 0 Å². The smallest absolute Gasteiger partial charge is 0.231 e. The SMILES string of the molecule is CC(C#N)(NC(=O)CSCCCO)C1CC1. The molecule has 1 amide bonds. The van der Waals surface area contributed by atoms with Crippen LogP contribution in [-0.2, 0) is 4.79 Å². The van der Waals surface area contributed by atoms with E-state index >= 15 is 0 Å². The number of carbonyl (C=O) groups excluding carboxylic acids is 1. The first-order valence-corrected chi connectivity index (χ1v) is 6.68. The van der Waals surface area contributed by atoms with Gasteiger partial charge in [0.15, 0.2) is 0 Å². The van der Waals surface area contributed by atoms with E-state index in [0.717, 1.165) is 18.6 Å². The minimum Gasteiger partial charge on any atom is -0.396 e. The molecular formula is C11H18N2O2S. The first-order chi connectivity index (χ1) is 7.62. The highest BCUT2D eigenvalue weighted by Gasteiger charge is 2.42. The monoisotopic (exact) mass is 242 g/mol. The lowest BCUT2D eigenvalue weighted by molar-refractivity contribution is -0.119. The van der Waals surface area contributed by atoms with Crippen LogP contribution in [0.3, 0.4) is 0 Å². The van der Waals surface area contributed by atoms with E-state index in [4.69, 9.17) is 10.4 Å². The lowest BCUT2D eigenvalue weighted by atomic mass is 9.98. The zero-order chi connectivity index (χ0) is 12.0. The summed E-state index contributed by atoms with van der Waals surface area (Å²) in [6.07, 6.45) is 2.76. The number of nitrogens with zero attached hydrogens (tertiary/aromatic N) is 1. The highest BCUT2D eigenvalue weighted by molar-refractivity contribution is 7.99. The second kappa shape index (κ2) is 6.12. The summed E-state index contributed by atoms with van der Waals surface area (Å²) < 4.78 is 0. The van der Waals surface area contributed by atoms with Gasteiger partial charge in [-0.3, -0.25) is 4.79 Å². The molecule has 1 unspecified atom stereocenters. The second-order valence-corrected chi connectivity index (χ2v) is 5.37. The van der Waals surface area contributed by atoms with Gasteiger partial charge >= 0.3 is 0 Å². The summed E-state index contributed by atoms with van der Waals surface area (Å²) in [6.45, 7) is 1.95. The number of hydrogen-bond donors (Lipinski definition) is 2. The topological polar surface area (TPSA) is 73.1 Å². The van der Waals surface area contributed by atoms with Gasteiger partial charge in [-0.25, -0.2) is 0 Å². The molecule has 0 spiro atoms. The van der Waals surface area contributed by atoms with Gasteiger partial charge in [0, 0.05) is 6.61 Å². The Balaban J connectivity index is 2.25. The van der Waals surface area contributed by atoms with E-state index in [1.807, 2.05) is 0 Å². The molecule has 1 atom stereocenters. The van der Waals surface area contributed by atoms with Crippen molar-refractivity contribution in [2.75, 3.05) is 18.1 Å². The molecule has 0 bridgehead atoms. The Morgan fingerprint density at radius 2 is 2.38 bits per heavy atom. The van der Waals surface area contributed by atoms with Crippen LogP contribution in [-0.4, -0.2) is 34.7 Å². The third-order valence-corrected chi connectivity index (χ3v) is 3.75. The van der Waals surface area contributed by atoms with Gasteiger partial charge in [0.2, 0.25) is 5.91 Å². The average Bonchev–Trinajstić information content (AvgIpc) is 3.08. The van der Waals surface area contributed by atoms with Crippen molar-refractivity contribution in [1.29, 1.82) is 5.26 Å². The summed E-state index contributed by atoms with van der Waals surface area (Å²) in [5, 5.41) is 20.4. The third kappa shape index (κ3) is 4.03. The van der Waals surface area contributed by atoms with Crippen molar-refractivity contribution in [3.8, 4) is 6.07 Å². The number of nitrogens with one attached hydrogen (secondary N) is 1. The van der Waals surface area contributed by atoms with Gasteiger partial charge in [-0.15, -0.1) is 0 Å². The molecule has 4 nitrogen and oxygen atoms in total. The van der Waals surface area contributed by atoms with E-state index in [9.17, 15) is 4.79 Å². The average molecular weight is 242 g/mol. The normalized spacial score (nSPS) is 18.6. The highest BCUT2D eigenvalue weighted by Crippen LogP contribution is 2.39.